The van der Waals surface area contributed by atoms with Gasteiger partial charge in [-0.15, -0.1) is 0 Å². The predicted octanol–water partition coefficient (Wildman–Crippen LogP) is 6.47. The van der Waals surface area contributed by atoms with Crippen LogP contribution in [-0.2, 0) is 0 Å². The molecule has 0 bridgehead atoms. The van der Waals surface area contributed by atoms with Crippen molar-refractivity contribution in [2.75, 3.05) is 0 Å². The molecular formula is C24H17FN2O. The maximum atomic E-state index is 13.2. The minimum atomic E-state index is -0.246. The first-order chi connectivity index (χ1) is 13.6. The Morgan fingerprint density at radius 2 is 1.54 bits per heavy atom. The average molecular weight is 368 g/mol. The quantitative estimate of drug-likeness (QED) is 0.359. The zero-order valence-corrected chi connectivity index (χ0v) is 15.5. The number of aromatic nitrogens is 2. The van der Waals surface area contributed by atoms with Gasteiger partial charge in [0.2, 0.25) is 5.71 Å². The lowest BCUT2D eigenvalue weighted by Crippen LogP contribution is -1.89. The van der Waals surface area contributed by atoms with Gasteiger partial charge in [0.25, 0.3) is 0 Å². The van der Waals surface area contributed by atoms with Crippen molar-refractivity contribution in [2.45, 2.75) is 13.8 Å². The maximum absolute atomic E-state index is 13.2. The number of fused-ring (bicyclic) bond motifs is 3. The number of benzene rings is 2. The highest BCUT2D eigenvalue weighted by Gasteiger charge is 2.16. The van der Waals surface area contributed by atoms with Gasteiger partial charge >= 0.3 is 0 Å². The van der Waals surface area contributed by atoms with Crippen molar-refractivity contribution in [3.05, 3.63) is 83.9 Å². The molecule has 0 aliphatic heterocycles. The van der Waals surface area contributed by atoms with E-state index in [2.05, 4.69) is 29.0 Å². The summed E-state index contributed by atoms with van der Waals surface area (Å²) in [5, 5.41) is 2.04. The van der Waals surface area contributed by atoms with Gasteiger partial charge in [0, 0.05) is 33.8 Å². The van der Waals surface area contributed by atoms with Gasteiger partial charge in [-0.2, -0.15) is 0 Å². The van der Waals surface area contributed by atoms with Crippen molar-refractivity contribution in [1.29, 1.82) is 0 Å². The molecule has 0 aliphatic carbocycles. The fourth-order valence-electron chi connectivity index (χ4n) is 3.58. The SMILES string of the molecule is Cc1ccc2c(n1)oc1c(-c3ccc(-c4ccc(F)cc4)cn3)c(C)ccc12. The normalized spacial score (nSPS) is 11.4. The van der Waals surface area contributed by atoms with E-state index in [1.807, 2.05) is 37.4 Å². The van der Waals surface area contributed by atoms with E-state index >= 15 is 0 Å². The van der Waals surface area contributed by atoms with E-state index in [1.54, 1.807) is 12.1 Å². The van der Waals surface area contributed by atoms with Crippen molar-refractivity contribution >= 4 is 22.1 Å². The molecule has 28 heavy (non-hydrogen) atoms. The molecular weight excluding hydrogens is 351 g/mol. The number of pyridine rings is 2. The number of hydrogen-bond acceptors (Lipinski definition) is 3. The number of nitrogens with zero attached hydrogens (tertiary/aromatic N) is 2. The fraction of sp³-hybridized carbons (Fsp3) is 0.0833. The van der Waals surface area contributed by atoms with Gasteiger partial charge < -0.3 is 4.42 Å². The Morgan fingerprint density at radius 3 is 2.29 bits per heavy atom. The Kier molecular flexibility index (Phi) is 3.72. The lowest BCUT2D eigenvalue weighted by molar-refractivity contribution is 0.628. The molecule has 5 aromatic rings. The van der Waals surface area contributed by atoms with Crippen LogP contribution in [0.2, 0.25) is 0 Å². The highest BCUT2D eigenvalue weighted by Crippen LogP contribution is 2.37. The standard InChI is InChI=1S/C24H17FN2O/c1-14-3-10-19-20-11-4-15(2)27-24(20)28-23(19)22(14)21-12-7-17(13-26-21)16-5-8-18(25)9-6-16/h3-13H,1-2H3. The molecule has 0 saturated heterocycles. The van der Waals surface area contributed by atoms with Gasteiger partial charge in [-0.1, -0.05) is 30.3 Å². The van der Waals surface area contributed by atoms with Gasteiger partial charge in [0.05, 0.1) is 5.69 Å². The van der Waals surface area contributed by atoms with E-state index in [4.69, 9.17) is 4.42 Å². The van der Waals surface area contributed by atoms with E-state index in [0.29, 0.717) is 5.71 Å². The van der Waals surface area contributed by atoms with Crippen LogP contribution in [0.15, 0.2) is 71.3 Å². The lowest BCUT2D eigenvalue weighted by Gasteiger charge is -2.08. The molecule has 136 valence electrons. The maximum Gasteiger partial charge on any atom is 0.227 e. The van der Waals surface area contributed by atoms with Gasteiger partial charge in [-0.05, 0) is 55.3 Å². The molecule has 2 aromatic carbocycles. The summed E-state index contributed by atoms with van der Waals surface area (Å²) in [6.45, 7) is 4.00. The third-order valence-electron chi connectivity index (χ3n) is 5.05. The van der Waals surface area contributed by atoms with Crippen LogP contribution in [0, 0.1) is 19.7 Å². The van der Waals surface area contributed by atoms with Gasteiger partial charge in [-0.25, -0.2) is 9.37 Å². The molecule has 0 N–H and O–H groups in total. The zero-order chi connectivity index (χ0) is 19.3. The fourth-order valence-corrected chi connectivity index (χ4v) is 3.58. The van der Waals surface area contributed by atoms with Crippen LogP contribution in [0.1, 0.15) is 11.3 Å². The molecule has 0 atom stereocenters. The smallest absolute Gasteiger partial charge is 0.227 e. The summed E-state index contributed by atoms with van der Waals surface area (Å²) in [6, 6.07) is 18.6. The summed E-state index contributed by atoms with van der Waals surface area (Å²) in [7, 11) is 0. The highest BCUT2D eigenvalue weighted by atomic mass is 19.1. The molecule has 0 fully saturated rings. The monoisotopic (exact) mass is 368 g/mol. The Hall–Kier alpha value is -3.53. The molecule has 4 heteroatoms. The molecule has 0 radical (unpaired) electrons. The molecule has 3 aromatic heterocycles. The second-order valence-electron chi connectivity index (χ2n) is 6.98. The Balaban J connectivity index is 1.67. The zero-order valence-electron chi connectivity index (χ0n) is 15.5. The van der Waals surface area contributed by atoms with Crippen molar-refractivity contribution < 1.29 is 8.81 Å². The molecule has 0 saturated carbocycles. The van der Waals surface area contributed by atoms with Gasteiger partial charge in [0.15, 0.2) is 0 Å². The first-order valence-electron chi connectivity index (χ1n) is 9.12. The largest absolute Gasteiger partial charge is 0.437 e. The molecule has 0 amide bonds. The van der Waals surface area contributed by atoms with E-state index in [1.165, 1.54) is 12.1 Å². The first kappa shape index (κ1) is 16.6. The number of rotatable bonds is 2. The number of halogens is 1. The second kappa shape index (κ2) is 6.27. The van der Waals surface area contributed by atoms with Crippen LogP contribution in [0.4, 0.5) is 4.39 Å². The van der Waals surface area contributed by atoms with Crippen LogP contribution >= 0.6 is 0 Å². The van der Waals surface area contributed by atoms with Crippen molar-refractivity contribution in [3.63, 3.8) is 0 Å². The summed E-state index contributed by atoms with van der Waals surface area (Å²) in [4.78, 5) is 9.19. The van der Waals surface area contributed by atoms with E-state index in [9.17, 15) is 4.39 Å². The Morgan fingerprint density at radius 1 is 0.786 bits per heavy atom. The topological polar surface area (TPSA) is 38.9 Å². The molecule has 5 rings (SSSR count). The molecule has 3 heterocycles. The predicted molar refractivity (Wildman–Crippen MR) is 110 cm³/mol. The summed E-state index contributed by atoms with van der Waals surface area (Å²) >= 11 is 0. The lowest BCUT2D eigenvalue weighted by atomic mass is 10.00. The van der Waals surface area contributed by atoms with Crippen LogP contribution in [0.25, 0.3) is 44.5 Å². The van der Waals surface area contributed by atoms with Crippen molar-refractivity contribution in [2.24, 2.45) is 0 Å². The molecule has 0 spiro atoms. The van der Waals surface area contributed by atoms with Crippen LogP contribution < -0.4 is 0 Å². The second-order valence-corrected chi connectivity index (χ2v) is 6.98. The van der Waals surface area contributed by atoms with Crippen LogP contribution in [-0.4, -0.2) is 9.97 Å². The summed E-state index contributed by atoms with van der Waals surface area (Å²) in [5.41, 5.74) is 7.13. The summed E-state index contributed by atoms with van der Waals surface area (Å²) < 4.78 is 19.3. The van der Waals surface area contributed by atoms with E-state index in [0.717, 1.165) is 50.0 Å². The van der Waals surface area contributed by atoms with Crippen molar-refractivity contribution in [1.82, 2.24) is 9.97 Å². The highest BCUT2D eigenvalue weighted by molar-refractivity contribution is 6.09. The van der Waals surface area contributed by atoms with Crippen LogP contribution in [0.3, 0.4) is 0 Å². The number of furan rings is 1. The van der Waals surface area contributed by atoms with Gasteiger partial charge in [0.1, 0.15) is 11.4 Å². The van der Waals surface area contributed by atoms with E-state index in [-0.39, 0.29) is 5.82 Å². The van der Waals surface area contributed by atoms with E-state index < -0.39 is 0 Å². The third-order valence-corrected chi connectivity index (χ3v) is 5.05. The van der Waals surface area contributed by atoms with Crippen molar-refractivity contribution in [3.8, 4) is 22.4 Å². The van der Waals surface area contributed by atoms with Gasteiger partial charge in [-0.3, -0.25) is 4.98 Å². The molecule has 3 nitrogen and oxygen atoms in total. The average Bonchev–Trinajstić information content (AvgIpc) is 3.06. The number of aryl methyl sites for hydroxylation is 2. The summed E-state index contributed by atoms with van der Waals surface area (Å²) in [5.74, 6) is -0.246. The number of hydrogen-bond donors (Lipinski definition) is 0. The van der Waals surface area contributed by atoms with Crippen LogP contribution in [0.5, 0.6) is 0 Å². The molecule has 0 aliphatic rings. The molecule has 0 unspecified atom stereocenters. The Labute approximate surface area is 161 Å². The Bertz CT molecular complexity index is 1320. The minimum absolute atomic E-state index is 0.246. The third kappa shape index (κ3) is 2.65. The summed E-state index contributed by atoms with van der Waals surface area (Å²) in [6.07, 6.45) is 1.81. The first-order valence-corrected chi connectivity index (χ1v) is 9.12. The minimum Gasteiger partial charge on any atom is -0.437 e.